The van der Waals surface area contributed by atoms with Crippen LogP contribution in [-0.4, -0.2) is 14.5 Å². The van der Waals surface area contributed by atoms with Crippen LogP contribution < -0.4 is 5.32 Å². The molecule has 0 saturated carbocycles. The predicted molar refractivity (Wildman–Crippen MR) is 83.1 cm³/mol. The number of rotatable bonds is 5. The summed E-state index contributed by atoms with van der Waals surface area (Å²) in [5.41, 5.74) is 3.43. The zero-order valence-electron chi connectivity index (χ0n) is 12.0. The van der Waals surface area contributed by atoms with Gasteiger partial charge in [-0.25, -0.2) is 4.98 Å². The predicted octanol–water partition coefficient (Wildman–Crippen LogP) is 3.12. The van der Waals surface area contributed by atoms with Crippen LogP contribution >= 0.6 is 0 Å². The molecule has 0 aliphatic carbocycles. The van der Waals surface area contributed by atoms with Gasteiger partial charge in [0.1, 0.15) is 0 Å². The van der Waals surface area contributed by atoms with Gasteiger partial charge in [0.25, 0.3) is 0 Å². The highest BCUT2D eigenvalue weighted by atomic mass is 15.0. The summed E-state index contributed by atoms with van der Waals surface area (Å²) in [5, 5.41) is 3.49. The molecule has 0 aliphatic heterocycles. The second-order valence-electron chi connectivity index (χ2n) is 4.99. The molecule has 0 amide bonds. The molecule has 0 aliphatic rings. The van der Waals surface area contributed by atoms with Crippen molar-refractivity contribution in [1.29, 1.82) is 0 Å². The topological polar surface area (TPSA) is 42.7 Å². The first-order valence-electron chi connectivity index (χ1n) is 7.04. The summed E-state index contributed by atoms with van der Waals surface area (Å²) in [6.45, 7) is 2.95. The second kappa shape index (κ2) is 6.33. The van der Waals surface area contributed by atoms with Crippen molar-refractivity contribution in [3.63, 3.8) is 0 Å². The highest BCUT2D eigenvalue weighted by Crippen LogP contribution is 2.12. The van der Waals surface area contributed by atoms with Crippen LogP contribution in [0.15, 0.2) is 67.4 Å². The third-order valence-corrected chi connectivity index (χ3v) is 3.48. The zero-order valence-corrected chi connectivity index (χ0v) is 12.0. The first kappa shape index (κ1) is 13.5. The third-order valence-electron chi connectivity index (χ3n) is 3.48. The molecule has 106 valence electrons. The van der Waals surface area contributed by atoms with Crippen molar-refractivity contribution in [2.75, 3.05) is 0 Å². The summed E-state index contributed by atoms with van der Waals surface area (Å²) in [7, 11) is 0. The Hall–Kier alpha value is -2.46. The molecule has 3 aromatic rings. The Morgan fingerprint density at radius 1 is 1.10 bits per heavy atom. The largest absolute Gasteiger partial charge is 0.306 e. The lowest BCUT2D eigenvalue weighted by Crippen LogP contribution is -2.18. The summed E-state index contributed by atoms with van der Waals surface area (Å²) in [6, 6.07) is 14.7. The number of nitrogens with zero attached hydrogens (tertiary/aromatic N) is 3. The molecule has 4 nitrogen and oxygen atoms in total. The van der Waals surface area contributed by atoms with E-state index in [0.717, 1.165) is 17.9 Å². The second-order valence-corrected chi connectivity index (χ2v) is 4.99. The maximum atomic E-state index is 4.37. The van der Waals surface area contributed by atoms with Gasteiger partial charge in [0, 0.05) is 36.9 Å². The first-order valence-corrected chi connectivity index (χ1v) is 7.04. The highest BCUT2D eigenvalue weighted by Gasteiger charge is 2.05. The number of nitrogens with one attached hydrogen (secondary N) is 1. The summed E-state index contributed by atoms with van der Waals surface area (Å²) in [4.78, 5) is 8.42. The standard InChI is InChI=1S/C17H18N4/c1-14(17-4-2-3-9-19-17)20-12-15-5-7-16(8-6-15)21-11-10-18-13-21/h2-11,13-14,20H,12H2,1H3. The van der Waals surface area contributed by atoms with Gasteiger partial charge in [-0.05, 0) is 36.8 Å². The molecule has 1 aromatic carbocycles. The van der Waals surface area contributed by atoms with E-state index < -0.39 is 0 Å². The van der Waals surface area contributed by atoms with Crippen molar-refractivity contribution in [3.8, 4) is 5.69 Å². The molecule has 0 saturated heterocycles. The monoisotopic (exact) mass is 278 g/mol. The van der Waals surface area contributed by atoms with E-state index in [1.54, 1.807) is 12.5 Å². The molecule has 0 bridgehead atoms. The molecule has 1 unspecified atom stereocenters. The molecule has 4 heteroatoms. The maximum Gasteiger partial charge on any atom is 0.0991 e. The molecular weight excluding hydrogens is 260 g/mol. The van der Waals surface area contributed by atoms with E-state index in [1.807, 2.05) is 35.2 Å². The quantitative estimate of drug-likeness (QED) is 0.779. The number of hydrogen-bond acceptors (Lipinski definition) is 3. The number of hydrogen-bond donors (Lipinski definition) is 1. The Morgan fingerprint density at radius 3 is 2.62 bits per heavy atom. The van der Waals surface area contributed by atoms with Gasteiger partial charge in [-0.3, -0.25) is 4.98 Å². The number of imidazole rings is 1. The van der Waals surface area contributed by atoms with Gasteiger partial charge in [-0.1, -0.05) is 18.2 Å². The lowest BCUT2D eigenvalue weighted by atomic mass is 10.1. The van der Waals surface area contributed by atoms with Crippen LogP contribution in [0, 0.1) is 0 Å². The molecular formula is C17H18N4. The molecule has 0 fully saturated rings. The number of aromatic nitrogens is 3. The fourth-order valence-corrected chi connectivity index (χ4v) is 2.21. The average Bonchev–Trinajstić information content (AvgIpc) is 3.08. The van der Waals surface area contributed by atoms with Gasteiger partial charge in [-0.15, -0.1) is 0 Å². The van der Waals surface area contributed by atoms with Crippen molar-refractivity contribution in [3.05, 3.63) is 78.6 Å². The molecule has 1 atom stereocenters. The molecule has 3 rings (SSSR count). The summed E-state index contributed by atoms with van der Waals surface area (Å²) in [6.07, 6.45) is 7.35. The Morgan fingerprint density at radius 2 is 1.95 bits per heavy atom. The van der Waals surface area contributed by atoms with Gasteiger partial charge < -0.3 is 9.88 Å². The van der Waals surface area contributed by atoms with E-state index in [2.05, 4.69) is 46.5 Å². The normalized spacial score (nSPS) is 12.2. The maximum absolute atomic E-state index is 4.37. The van der Waals surface area contributed by atoms with Crippen LogP contribution in [0.5, 0.6) is 0 Å². The van der Waals surface area contributed by atoms with Crippen LogP contribution in [-0.2, 0) is 6.54 Å². The van der Waals surface area contributed by atoms with Gasteiger partial charge in [0.2, 0.25) is 0 Å². The SMILES string of the molecule is CC(NCc1ccc(-n2ccnc2)cc1)c1ccccn1. The van der Waals surface area contributed by atoms with Crippen molar-refractivity contribution in [2.45, 2.75) is 19.5 Å². The van der Waals surface area contributed by atoms with E-state index in [0.29, 0.717) is 0 Å². The van der Waals surface area contributed by atoms with Gasteiger partial charge in [-0.2, -0.15) is 0 Å². The smallest absolute Gasteiger partial charge is 0.0991 e. The fourth-order valence-electron chi connectivity index (χ4n) is 2.21. The van der Waals surface area contributed by atoms with Crippen molar-refractivity contribution in [1.82, 2.24) is 19.9 Å². The summed E-state index contributed by atoms with van der Waals surface area (Å²) in [5.74, 6) is 0. The lowest BCUT2D eigenvalue weighted by molar-refractivity contribution is 0.561. The van der Waals surface area contributed by atoms with Gasteiger partial charge >= 0.3 is 0 Å². The van der Waals surface area contributed by atoms with E-state index in [9.17, 15) is 0 Å². The minimum absolute atomic E-state index is 0.236. The summed E-state index contributed by atoms with van der Waals surface area (Å²) >= 11 is 0. The molecule has 21 heavy (non-hydrogen) atoms. The Bertz CT molecular complexity index is 660. The molecule has 2 aromatic heterocycles. The Kier molecular flexibility index (Phi) is 4.07. The molecule has 1 N–H and O–H groups in total. The van der Waals surface area contributed by atoms with Crippen LogP contribution in [0.4, 0.5) is 0 Å². The van der Waals surface area contributed by atoms with E-state index in [4.69, 9.17) is 0 Å². The minimum atomic E-state index is 0.236. The van der Waals surface area contributed by atoms with Crippen LogP contribution in [0.1, 0.15) is 24.2 Å². The average molecular weight is 278 g/mol. The third kappa shape index (κ3) is 3.35. The van der Waals surface area contributed by atoms with Crippen LogP contribution in [0.25, 0.3) is 5.69 Å². The zero-order chi connectivity index (χ0) is 14.5. The Labute approximate surface area is 124 Å². The van der Waals surface area contributed by atoms with Crippen molar-refractivity contribution in [2.24, 2.45) is 0 Å². The molecule has 2 heterocycles. The number of pyridine rings is 1. The van der Waals surface area contributed by atoms with Crippen LogP contribution in [0.3, 0.4) is 0 Å². The first-order chi connectivity index (χ1) is 10.3. The Balaban J connectivity index is 1.61. The number of benzene rings is 1. The van der Waals surface area contributed by atoms with Gasteiger partial charge in [0.15, 0.2) is 0 Å². The van der Waals surface area contributed by atoms with Gasteiger partial charge in [0.05, 0.1) is 12.0 Å². The molecule has 0 radical (unpaired) electrons. The van der Waals surface area contributed by atoms with E-state index in [-0.39, 0.29) is 6.04 Å². The fraction of sp³-hybridized carbons (Fsp3) is 0.176. The lowest BCUT2D eigenvalue weighted by Gasteiger charge is -2.13. The van der Waals surface area contributed by atoms with E-state index >= 15 is 0 Å². The minimum Gasteiger partial charge on any atom is -0.306 e. The van der Waals surface area contributed by atoms with Crippen LogP contribution in [0.2, 0.25) is 0 Å². The van der Waals surface area contributed by atoms with E-state index in [1.165, 1.54) is 5.56 Å². The summed E-state index contributed by atoms with van der Waals surface area (Å²) < 4.78 is 1.99. The highest BCUT2D eigenvalue weighted by molar-refractivity contribution is 5.34. The van der Waals surface area contributed by atoms with Crippen molar-refractivity contribution >= 4 is 0 Å². The molecule has 0 spiro atoms. The van der Waals surface area contributed by atoms with Crippen molar-refractivity contribution < 1.29 is 0 Å².